The highest BCUT2D eigenvalue weighted by Crippen LogP contribution is 2.75. The summed E-state index contributed by atoms with van der Waals surface area (Å²) in [4.78, 5) is 40.5. The van der Waals surface area contributed by atoms with Gasteiger partial charge < -0.3 is 56.2 Å². The molecule has 76 heavy (non-hydrogen) atoms. The van der Waals surface area contributed by atoms with Crippen LogP contribution in [0.25, 0.3) is 0 Å². The lowest BCUT2D eigenvalue weighted by atomic mass is 9.50. The first kappa shape index (κ1) is 59.9. The second-order valence-electron chi connectivity index (χ2n) is 29.5. The zero-order valence-electron chi connectivity index (χ0n) is 48.9. The second kappa shape index (κ2) is 18.7. The molecule has 14 nitrogen and oxygen atoms in total. The van der Waals surface area contributed by atoms with E-state index >= 15 is 0 Å². The van der Waals surface area contributed by atoms with Crippen molar-refractivity contribution in [2.24, 2.45) is 102 Å². The van der Waals surface area contributed by atoms with Crippen molar-refractivity contribution in [3.63, 3.8) is 0 Å². The van der Waals surface area contributed by atoms with Crippen LogP contribution in [0.3, 0.4) is 0 Å². The lowest BCUT2D eigenvalue weighted by Gasteiger charge is -2.54. The minimum atomic E-state index is -0.984. The summed E-state index contributed by atoms with van der Waals surface area (Å²) >= 11 is 0. The Hall–Kier alpha value is -2.21. The van der Waals surface area contributed by atoms with E-state index in [4.69, 9.17) is 10.2 Å². The average molecular weight is 1070 g/mol. The summed E-state index contributed by atoms with van der Waals surface area (Å²) in [5, 5.41) is 113. The number of Topliss-reactive ketones (excluding diaryl/α,β-unsaturated/α-hetero) is 3. The third kappa shape index (κ3) is 7.25. The number of hydrogen-bond donors (Lipinski definition) is 11. The Morgan fingerprint density at radius 1 is 0.355 bits per heavy atom. The van der Waals surface area contributed by atoms with E-state index in [0.29, 0.717) is 89.7 Å². The Morgan fingerprint density at radius 3 is 0.750 bits per heavy atom. The van der Waals surface area contributed by atoms with Gasteiger partial charge >= 0.3 is 0 Å². The number of aliphatic hydroxyl groups excluding tert-OH is 11. The van der Waals surface area contributed by atoms with E-state index in [1.54, 1.807) is 0 Å². The Kier molecular flexibility index (Phi) is 14.7. The van der Waals surface area contributed by atoms with Gasteiger partial charge in [0.25, 0.3) is 0 Å². The summed E-state index contributed by atoms with van der Waals surface area (Å²) in [5.41, 5.74) is -1.59. The van der Waals surface area contributed by atoms with Crippen LogP contribution in [-0.4, -0.2) is 143 Å². The first-order valence-electron chi connectivity index (χ1n) is 28.8. The number of fused-ring (bicyclic) bond motifs is 6. The van der Waals surface area contributed by atoms with Crippen LogP contribution in [0.2, 0.25) is 0 Å². The van der Waals surface area contributed by atoms with Gasteiger partial charge in [-0.05, 0) is 165 Å². The van der Waals surface area contributed by atoms with Gasteiger partial charge in [-0.25, -0.2) is 0 Å². The lowest BCUT2D eigenvalue weighted by Crippen LogP contribution is -2.61. The van der Waals surface area contributed by atoms with Crippen LogP contribution >= 0.6 is 0 Å². The lowest BCUT2D eigenvalue weighted by molar-refractivity contribution is -0.162. The Balaban J connectivity index is 0.000000146. The number of carbonyl (C=O) groups excluding carboxylic acids is 3. The minimum Gasteiger partial charge on any atom is -0.400 e. The van der Waals surface area contributed by atoms with E-state index in [2.05, 4.69) is 41.5 Å². The number of hydrogen-bond acceptors (Lipinski definition) is 14. The summed E-state index contributed by atoms with van der Waals surface area (Å²) in [5.74, 6) is 1.31. The van der Waals surface area contributed by atoms with Gasteiger partial charge in [0.05, 0.1) is 71.2 Å². The zero-order valence-corrected chi connectivity index (χ0v) is 48.9. The predicted molar refractivity (Wildman–Crippen MR) is 286 cm³/mol. The van der Waals surface area contributed by atoms with E-state index in [0.717, 1.165) is 33.5 Å². The van der Waals surface area contributed by atoms with E-state index in [9.17, 15) is 60.3 Å². The standard InChI is InChI=1S/3C20H30O4.2CH4O/c3*1-9-8-10-12(14(9)21)16(23)19(4)7-6-11-13(18(11,2)3)17(24)20(19,5)15(10)22;2*1-2/h3*9,11,13-14,16-17,21,23-24H,6-8H2,1-5H3;2*2H,1H3/t3*9-,11-,13-,14+,16-,17+,19+,20-;;/m000../s1. The molecule has 12 aliphatic rings. The number of allylic oxidation sites excluding steroid dienone is 3. The SMILES string of the molecule is CO.CO.C[C@H]1CC2=C([C@@H]1O)[C@H](O)[C@@]1(C)CC[C@H]3[C@@H]([C@@H](O)[C@]1(C)C2=O)C3(C)C.C[C@H]1CC2=C([C@@H]1O)[C@H](O)[C@@]1(C)CC[C@H]3[C@@H]([C@@H](O)[C@]1(C)C2=O)C3(C)C.C[C@H]1CC2=C([C@@H]1O)[C@H](O)[C@@]1(C)CC[C@H]3[C@@H]([C@@H](O)[C@]1(C)C2=O)C3(C)C. The average Bonchev–Trinajstić information content (AvgIpc) is 4.18. The van der Waals surface area contributed by atoms with Crippen molar-refractivity contribution >= 4 is 17.3 Å². The smallest absolute Gasteiger partial charge is 0.168 e. The molecule has 0 aliphatic heterocycles. The third-order valence-electron chi connectivity index (χ3n) is 25.8. The van der Waals surface area contributed by atoms with Crippen LogP contribution in [0, 0.1) is 102 Å². The van der Waals surface area contributed by atoms with Crippen molar-refractivity contribution < 1.29 is 70.6 Å². The summed E-state index contributed by atoms with van der Waals surface area (Å²) in [6.45, 7) is 30.2. The fraction of sp³-hybridized carbons (Fsp3) is 0.855. The molecule has 0 bridgehead atoms. The molecule has 6 saturated carbocycles. The summed E-state index contributed by atoms with van der Waals surface area (Å²) < 4.78 is 0. The number of ketones is 3. The summed E-state index contributed by atoms with van der Waals surface area (Å²) in [7, 11) is 2.00. The molecule has 0 heterocycles. The molecule has 14 heteroatoms. The van der Waals surface area contributed by atoms with Gasteiger partial charge in [-0.2, -0.15) is 0 Å². The Bertz CT molecular complexity index is 2220. The molecule has 12 rings (SSSR count). The quantitative estimate of drug-likeness (QED) is 0.145. The topological polar surface area (TPSA) is 274 Å². The highest BCUT2D eigenvalue weighted by Gasteiger charge is 2.77. The van der Waals surface area contributed by atoms with Crippen LogP contribution < -0.4 is 0 Å². The van der Waals surface area contributed by atoms with Crippen molar-refractivity contribution in [3.8, 4) is 0 Å². The zero-order chi connectivity index (χ0) is 57.5. The summed E-state index contributed by atoms with van der Waals surface area (Å²) in [6.07, 6.45) is -0.656. The van der Waals surface area contributed by atoms with Crippen LogP contribution in [0.15, 0.2) is 33.4 Å². The highest BCUT2D eigenvalue weighted by atomic mass is 16.3. The van der Waals surface area contributed by atoms with E-state index in [-0.39, 0.29) is 69.1 Å². The fourth-order valence-corrected chi connectivity index (χ4v) is 19.3. The van der Waals surface area contributed by atoms with Gasteiger partial charge in [-0.15, -0.1) is 0 Å². The molecule has 0 amide bonds. The van der Waals surface area contributed by atoms with Gasteiger partial charge in [0.15, 0.2) is 17.3 Å². The minimum absolute atomic E-state index is 0.0375. The molecule has 0 aromatic heterocycles. The first-order chi connectivity index (χ1) is 35.0. The van der Waals surface area contributed by atoms with Gasteiger partial charge in [0.1, 0.15) is 0 Å². The van der Waals surface area contributed by atoms with Gasteiger partial charge in [-0.3, -0.25) is 14.4 Å². The molecular weight excluding hydrogens is 969 g/mol. The molecule has 430 valence electrons. The third-order valence-corrected chi connectivity index (χ3v) is 25.8. The molecule has 0 spiro atoms. The Morgan fingerprint density at radius 2 is 0.553 bits per heavy atom. The van der Waals surface area contributed by atoms with Crippen molar-refractivity contribution in [2.75, 3.05) is 14.2 Å². The van der Waals surface area contributed by atoms with Crippen LogP contribution in [0.1, 0.15) is 162 Å². The van der Waals surface area contributed by atoms with Gasteiger partial charge in [0.2, 0.25) is 0 Å². The highest BCUT2D eigenvalue weighted by molar-refractivity contribution is 6.05. The van der Waals surface area contributed by atoms with E-state index in [1.807, 2.05) is 62.3 Å². The maximum absolute atomic E-state index is 13.5. The fourth-order valence-electron chi connectivity index (χ4n) is 19.3. The Labute approximate surface area is 452 Å². The molecule has 0 aromatic rings. The molecule has 24 atom stereocenters. The largest absolute Gasteiger partial charge is 0.400 e. The molecule has 0 aromatic carbocycles. The van der Waals surface area contributed by atoms with Crippen molar-refractivity contribution in [2.45, 2.75) is 217 Å². The van der Waals surface area contributed by atoms with E-state index in [1.165, 1.54) is 0 Å². The normalized spacial score (nSPS) is 52.8. The van der Waals surface area contributed by atoms with Crippen LogP contribution in [0.4, 0.5) is 0 Å². The second-order valence-corrected chi connectivity index (χ2v) is 29.5. The molecular formula is C62H98O14. The van der Waals surface area contributed by atoms with Crippen LogP contribution in [0.5, 0.6) is 0 Å². The molecule has 0 saturated heterocycles. The maximum atomic E-state index is 13.5. The van der Waals surface area contributed by atoms with Gasteiger partial charge in [-0.1, -0.05) is 83.1 Å². The van der Waals surface area contributed by atoms with E-state index < -0.39 is 87.4 Å². The molecule has 0 radical (unpaired) electrons. The predicted octanol–water partition coefficient (Wildman–Crippen LogP) is 5.42. The van der Waals surface area contributed by atoms with Crippen molar-refractivity contribution in [1.29, 1.82) is 0 Å². The van der Waals surface area contributed by atoms with Crippen molar-refractivity contribution in [1.82, 2.24) is 0 Å². The summed E-state index contributed by atoms with van der Waals surface area (Å²) in [6, 6.07) is 0. The molecule has 11 N–H and O–H groups in total. The number of rotatable bonds is 0. The van der Waals surface area contributed by atoms with Crippen LogP contribution in [-0.2, 0) is 14.4 Å². The maximum Gasteiger partial charge on any atom is 0.168 e. The molecule has 0 unspecified atom stereocenters. The van der Waals surface area contributed by atoms with Crippen molar-refractivity contribution in [3.05, 3.63) is 33.4 Å². The number of carbonyl (C=O) groups is 3. The number of aliphatic hydroxyl groups is 11. The monoisotopic (exact) mass is 1070 g/mol. The molecule has 6 fully saturated rings. The van der Waals surface area contributed by atoms with Gasteiger partial charge in [0, 0.05) is 47.2 Å². The molecule has 12 aliphatic carbocycles. The first-order valence-corrected chi connectivity index (χ1v) is 28.8.